The van der Waals surface area contributed by atoms with E-state index in [0.717, 1.165) is 16.9 Å². The first-order valence-electron chi connectivity index (χ1n) is 5.65. The van der Waals surface area contributed by atoms with E-state index in [1.54, 1.807) is 18.2 Å². The summed E-state index contributed by atoms with van der Waals surface area (Å²) < 4.78 is 5.79. The van der Waals surface area contributed by atoms with E-state index in [1.165, 1.54) is 0 Å². The summed E-state index contributed by atoms with van der Waals surface area (Å²) >= 11 is 0. The molecule has 0 radical (unpaired) electrons. The molecule has 0 spiro atoms. The second kappa shape index (κ2) is 4.80. The Kier molecular flexibility index (Phi) is 3.20. The highest BCUT2D eigenvalue weighted by Gasteiger charge is 2.07. The van der Waals surface area contributed by atoms with Crippen LogP contribution in [0, 0.1) is 25.2 Å². The summed E-state index contributed by atoms with van der Waals surface area (Å²) in [6.45, 7) is 3.97. The Morgan fingerprint density at radius 1 is 1.06 bits per heavy atom. The van der Waals surface area contributed by atoms with Crippen LogP contribution < -0.4 is 10.5 Å². The molecular weight excluding hydrogens is 224 g/mol. The Bertz CT molecular complexity index is 627. The molecule has 0 bridgehead atoms. The van der Waals surface area contributed by atoms with Crippen molar-refractivity contribution in [1.29, 1.82) is 5.26 Å². The maximum Gasteiger partial charge on any atom is 0.145 e. The van der Waals surface area contributed by atoms with Crippen molar-refractivity contribution in [1.82, 2.24) is 0 Å². The number of nitrogens with two attached hydrogens (primary N) is 1. The fraction of sp³-hybridized carbons (Fsp3) is 0.133. The van der Waals surface area contributed by atoms with E-state index in [-0.39, 0.29) is 0 Å². The molecule has 0 amide bonds. The van der Waals surface area contributed by atoms with Crippen LogP contribution in [0.3, 0.4) is 0 Å². The molecule has 3 heteroatoms. The molecule has 0 fully saturated rings. The number of nitrogens with zero attached hydrogens (tertiary/aromatic N) is 1. The molecule has 0 atom stereocenters. The van der Waals surface area contributed by atoms with E-state index in [4.69, 9.17) is 15.7 Å². The maximum absolute atomic E-state index is 9.06. The predicted octanol–water partition coefficient (Wildman–Crippen LogP) is 3.55. The number of hydrogen-bond donors (Lipinski definition) is 1. The molecule has 0 saturated carbocycles. The minimum atomic E-state index is 0.441. The van der Waals surface area contributed by atoms with E-state index in [0.29, 0.717) is 17.0 Å². The average molecular weight is 238 g/mol. The van der Waals surface area contributed by atoms with Gasteiger partial charge in [-0.25, -0.2) is 0 Å². The van der Waals surface area contributed by atoms with Crippen LogP contribution in [0.4, 0.5) is 5.69 Å². The van der Waals surface area contributed by atoms with Crippen molar-refractivity contribution in [3.63, 3.8) is 0 Å². The van der Waals surface area contributed by atoms with Crippen molar-refractivity contribution in [3.05, 3.63) is 53.1 Å². The number of rotatable bonds is 2. The van der Waals surface area contributed by atoms with Gasteiger partial charge in [0.05, 0.1) is 5.56 Å². The minimum absolute atomic E-state index is 0.441. The molecule has 0 unspecified atom stereocenters. The quantitative estimate of drug-likeness (QED) is 0.814. The number of nitrogen functional groups attached to an aromatic ring is 1. The monoisotopic (exact) mass is 238 g/mol. The van der Waals surface area contributed by atoms with Crippen LogP contribution in [0.5, 0.6) is 11.5 Å². The highest BCUT2D eigenvalue weighted by molar-refractivity contribution is 5.54. The number of anilines is 1. The first-order chi connectivity index (χ1) is 8.60. The average Bonchev–Trinajstić information content (AvgIpc) is 2.36. The molecule has 0 aliphatic rings. The van der Waals surface area contributed by atoms with E-state index < -0.39 is 0 Å². The number of aryl methyl sites for hydroxylation is 2. The number of hydrogen-bond acceptors (Lipinski definition) is 3. The Morgan fingerprint density at radius 3 is 2.56 bits per heavy atom. The number of benzene rings is 2. The Morgan fingerprint density at radius 2 is 1.83 bits per heavy atom. The zero-order valence-electron chi connectivity index (χ0n) is 10.4. The third-order valence-electron chi connectivity index (χ3n) is 2.69. The van der Waals surface area contributed by atoms with E-state index >= 15 is 0 Å². The molecule has 2 aromatic carbocycles. The van der Waals surface area contributed by atoms with Crippen molar-refractivity contribution >= 4 is 5.69 Å². The van der Waals surface area contributed by atoms with Crippen LogP contribution in [0.1, 0.15) is 16.7 Å². The van der Waals surface area contributed by atoms with Gasteiger partial charge in [0.1, 0.15) is 17.6 Å². The third-order valence-corrected chi connectivity index (χ3v) is 2.69. The zero-order valence-corrected chi connectivity index (χ0v) is 10.4. The van der Waals surface area contributed by atoms with Gasteiger partial charge in [-0.1, -0.05) is 12.1 Å². The molecular formula is C15H14N2O. The first kappa shape index (κ1) is 12.0. The van der Waals surface area contributed by atoms with Crippen molar-refractivity contribution < 1.29 is 4.74 Å². The predicted molar refractivity (Wildman–Crippen MR) is 71.6 cm³/mol. The molecule has 2 aromatic rings. The molecule has 2 rings (SSSR count). The van der Waals surface area contributed by atoms with Crippen molar-refractivity contribution in [2.45, 2.75) is 13.8 Å². The molecule has 3 nitrogen and oxygen atoms in total. The molecule has 0 aromatic heterocycles. The smallest absolute Gasteiger partial charge is 0.145 e. The number of nitriles is 1. The highest BCUT2D eigenvalue weighted by Crippen LogP contribution is 2.29. The summed E-state index contributed by atoms with van der Waals surface area (Å²) in [5, 5.41) is 9.06. The van der Waals surface area contributed by atoms with Gasteiger partial charge in [0.2, 0.25) is 0 Å². The molecule has 0 aliphatic carbocycles. The van der Waals surface area contributed by atoms with Gasteiger partial charge in [0, 0.05) is 5.69 Å². The zero-order chi connectivity index (χ0) is 13.1. The normalized spacial score (nSPS) is 9.83. The summed E-state index contributed by atoms with van der Waals surface area (Å²) in [5.74, 6) is 1.29. The standard InChI is InChI=1S/C15H14N2O/c1-10-3-4-11(2)15(7-10)18-14-6-5-13(17)8-12(14)9-16/h3-8H,17H2,1-2H3. The summed E-state index contributed by atoms with van der Waals surface area (Å²) in [6, 6.07) is 13.1. The summed E-state index contributed by atoms with van der Waals surface area (Å²) in [6.07, 6.45) is 0. The van der Waals surface area contributed by atoms with E-state index in [1.807, 2.05) is 32.0 Å². The Balaban J connectivity index is 2.40. The molecule has 0 aliphatic heterocycles. The lowest BCUT2D eigenvalue weighted by Crippen LogP contribution is -1.93. The van der Waals surface area contributed by atoms with Gasteiger partial charge in [0.15, 0.2) is 0 Å². The van der Waals surface area contributed by atoms with E-state index in [2.05, 4.69) is 6.07 Å². The van der Waals surface area contributed by atoms with Crippen LogP contribution >= 0.6 is 0 Å². The maximum atomic E-state index is 9.06. The van der Waals surface area contributed by atoms with Crippen LogP contribution in [-0.2, 0) is 0 Å². The summed E-state index contributed by atoms with van der Waals surface area (Å²) in [5.41, 5.74) is 8.78. The Labute approximate surface area is 106 Å². The van der Waals surface area contributed by atoms with Gasteiger partial charge in [-0.05, 0) is 49.2 Å². The van der Waals surface area contributed by atoms with Gasteiger partial charge in [-0.2, -0.15) is 5.26 Å². The summed E-state index contributed by atoms with van der Waals surface area (Å²) in [7, 11) is 0. The van der Waals surface area contributed by atoms with Crippen LogP contribution in [0.15, 0.2) is 36.4 Å². The first-order valence-corrected chi connectivity index (χ1v) is 5.65. The van der Waals surface area contributed by atoms with Crippen LogP contribution in [0.25, 0.3) is 0 Å². The van der Waals surface area contributed by atoms with Gasteiger partial charge >= 0.3 is 0 Å². The second-order valence-corrected chi connectivity index (χ2v) is 4.24. The molecule has 0 heterocycles. The fourth-order valence-electron chi connectivity index (χ4n) is 1.66. The van der Waals surface area contributed by atoms with Gasteiger partial charge < -0.3 is 10.5 Å². The molecule has 0 saturated heterocycles. The highest BCUT2D eigenvalue weighted by atomic mass is 16.5. The lowest BCUT2D eigenvalue weighted by molar-refractivity contribution is 0.477. The third kappa shape index (κ3) is 2.44. The van der Waals surface area contributed by atoms with Crippen LogP contribution in [0.2, 0.25) is 0 Å². The van der Waals surface area contributed by atoms with Gasteiger partial charge in [-0.3, -0.25) is 0 Å². The van der Waals surface area contributed by atoms with Crippen molar-refractivity contribution in [2.75, 3.05) is 5.73 Å². The molecule has 2 N–H and O–H groups in total. The van der Waals surface area contributed by atoms with E-state index in [9.17, 15) is 0 Å². The second-order valence-electron chi connectivity index (χ2n) is 4.24. The largest absolute Gasteiger partial charge is 0.456 e. The fourth-order valence-corrected chi connectivity index (χ4v) is 1.66. The molecule has 90 valence electrons. The van der Waals surface area contributed by atoms with Crippen LogP contribution in [-0.4, -0.2) is 0 Å². The SMILES string of the molecule is Cc1ccc(C)c(Oc2ccc(N)cc2C#N)c1. The van der Waals surface area contributed by atoms with Gasteiger partial charge in [-0.15, -0.1) is 0 Å². The lowest BCUT2D eigenvalue weighted by atomic mass is 10.1. The Hall–Kier alpha value is -2.47. The topological polar surface area (TPSA) is 59.0 Å². The van der Waals surface area contributed by atoms with Crippen molar-refractivity contribution in [3.8, 4) is 17.6 Å². The van der Waals surface area contributed by atoms with Gasteiger partial charge in [0.25, 0.3) is 0 Å². The number of ether oxygens (including phenoxy) is 1. The lowest BCUT2D eigenvalue weighted by Gasteiger charge is -2.11. The van der Waals surface area contributed by atoms with Crippen molar-refractivity contribution in [2.24, 2.45) is 0 Å². The summed E-state index contributed by atoms with van der Waals surface area (Å²) in [4.78, 5) is 0. The molecule has 18 heavy (non-hydrogen) atoms. The minimum Gasteiger partial charge on any atom is -0.456 e.